The first kappa shape index (κ1) is 16.1. The van der Waals surface area contributed by atoms with E-state index in [0.29, 0.717) is 12.1 Å². The quantitative estimate of drug-likeness (QED) is 0.756. The second-order valence-corrected chi connectivity index (χ2v) is 5.46. The minimum atomic E-state index is -0.468. The van der Waals surface area contributed by atoms with Crippen molar-refractivity contribution < 1.29 is 9.90 Å². The highest BCUT2D eigenvalue weighted by atomic mass is 32.2. The summed E-state index contributed by atoms with van der Waals surface area (Å²) in [5, 5.41) is 12.8. The molecular formula is C15H23NO2S. The number of rotatable bonds is 7. The number of carbonyl (C=O) groups is 1. The Morgan fingerprint density at radius 3 is 2.32 bits per heavy atom. The van der Waals surface area contributed by atoms with Crippen LogP contribution in [-0.4, -0.2) is 29.9 Å². The minimum Gasteiger partial charge on any atom is -0.391 e. The molecule has 0 spiro atoms. The van der Waals surface area contributed by atoms with Crippen LogP contribution in [0.15, 0.2) is 29.2 Å². The molecule has 0 aliphatic heterocycles. The zero-order chi connectivity index (χ0) is 14.3. The van der Waals surface area contributed by atoms with Crippen LogP contribution in [0, 0.1) is 5.92 Å². The van der Waals surface area contributed by atoms with E-state index in [4.69, 9.17) is 0 Å². The van der Waals surface area contributed by atoms with E-state index in [-0.39, 0.29) is 11.8 Å². The average Bonchev–Trinajstić information content (AvgIpc) is 2.46. The summed E-state index contributed by atoms with van der Waals surface area (Å²) in [7, 11) is 0. The molecule has 2 N–H and O–H groups in total. The number of aliphatic hydroxyl groups is 1. The third kappa shape index (κ3) is 4.88. The molecule has 106 valence electrons. The predicted octanol–water partition coefficient (Wildman–Crippen LogP) is 2.94. The highest BCUT2D eigenvalue weighted by Crippen LogP contribution is 2.15. The van der Waals surface area contributed by atoms with Crippen LogP contribution < -0.4 is 5.32 Å². The molecular weight excluding hydrogens is 258 g/mol. The van der Waals surface area contributed by atoms with Crippen LogP contribution in [-0.2, 0) is 0 Å². The van der Waals surface area contributed by atoms with E-state index in [1.54, 1.807) is 11.8 Å². The maximum absolute atomic E-state index is 11.9. The standard InChI is InChI=1S/C15H23NO2S/c1-4-11(5-2)14(17)10-16-15(18)12-6-8-13(19-3)9-7-12/h6-9,11,14,17H,4-5,10H2,1-3H3,(H,16,18). The maximum Gasteiger partial charge on any atom is 0.251 e. The van der Waals surface area contributed by atoms with Crippen LogP contribution in [0.5, 0.6) is 0 Å². The molecule has 0 saturated heterocycles. The summed E-state index contributed by atoms with van der Waals surface area (Å²) in [5.41, 5.74) is 0.634. The molecule has 0 saturated carbocycles. The molecule has 19 heavy (non-hydrogen) atoms. The Balaban J connectivity index is 2.50. The second-order valence-electron chi connectivity index (χ2n) is 4.58. The summed E-state index contributed by atoms with van der Waals surface area (Å²) in [5.74, 6) is 0.122. The van der Waals surface area contributed by atoms with E-state index in [1.165, 1.54) is 0 Å². The van der Waals surface area contributed by atoms with Gasteiger partial charge in [-0.1, -0.05) is 26.7 Å². The van der Waals surface area contributed by atoms with Gasteiger partial charge >= 0.3 is 0 Å². The van der Waals surface area contributed by atoms with Gasteiger partial charge in [0.2, 0.25) is 0 Å². The Labute approximate surface area is 119 Å². The van der Waals surface area contributed by atoms with Gasteiger partial charge in [-0.15, -0.1) is 11.8 Å². The molecule has 0 radical (unpaired) electrons. The lowest BCUT2D eigenvalue weighted by molar-refractivity contribution is 0.0816. The molecule has 4 heteroatoms. The summed E-state index contributed by atoms with van der Waals surface area (Å²) >= 11 is 1.65. The van der Waals surface area contributed by atoms with Crippen molar-refractivity contribution in [2.45, 2.75) is 37.7 Å². The fraction of sp³-hybridized carbons (Fsp3) is 0.533. The van der Waals surface area contributed by atoms with E-state index in [2.05, 4.69) is 19.2 Å². The molecule has 0 fully saturated rings. The molecule has 1 aromatic rings. The molecule has 0 bridgehead atoms. The van der Waals surface area contributed by atoms with Crippen LogP contribution in [0.1, 0.15) is 37.0 Å². The Morgan fingerprint density at radius 1 is 1.26 bits per heavy atom. The number of carbonyl (C=O) groups excluding carboxylic acids is 1. The predicted molar refractivity (Wildman–Crippen MR) is 80.6 cm³/mol. The number of nitrogens with one attached hydrogen (secondary N) is 1. The van der Waals surface area contributed by atoms with Gasteiger partial charge in [0.25, 0.3) is 5.91 Å². The Kier molecular flexibility index (Phi) is 6.95. The molecule has 1 rings (SSSR count). The fourth-order valence-electron chi connectivity index (χ4n) is 2.04. The summed E-state index contributed by atoms with van der Waals surface area (Å²) in [6, 6.07) is 7.48. The van der Waals surface area contributed by atoms with Crippen LogP contribution in [0.3, 0.4) is 0 Å². The monoisotopic (exact) mass is 281 g/mol. The Hall–Kier alpha value is -1.00. The second kappa shape index (κ2) is 8.23. The normalized spacial score (nSPS) is 12.5. The fourth-order valence-corrected chi connectivity index (χ4v) is 2.45. The summed E-state index contributed by atoms with van der Waals surface area (Å²) in [6.07, 6.45) is 3.39. The van der Waals surface area contributed by atoms with Crippen LogP contribution in [0.25, 0.3) is 0 Å². The van der Waals surface area contributed by atoms with Gasteiger partial charge in [-0.25, -0.2) is 0 Å². The molecule has 0 aliphatic rings. The average molecular weight is 281 g/mol. The van der Waals surface area contributed by atoms with E-state index in [1.807, 2.05) is 30.5 Å². The Bertz CT molecular complexity index is 388. The van der Waals surface area contributed by atoms with Crippen molar-refractivity contribution in [2.75, 3.05) is 12.8 Å². The minimum absolute atomic E-state index is 0.127. The molecule has 3 nitrogen and oxygen atoms in total. The zero-order valence-electron chi connectivity index (χ0n) is 11.8. The molecule has 1 aromatic carbocycles. The number of hydrogen-bond acceptors (Lipinski definition) is 3. The number of benzene rings is 1. The lowest BCUT2D eigenvalue weighted by atomic mass is 9.96. The first-order valence-electron chi connectivity index (χ1n) is 6.72. The smallest absolute Gasteiger partial charge is 0.251 e. The van der Waals surface area contributed by atoms with Gasteiger partial charge in [-0.05, 0) is 36.4 Å². The summed E-state index contributed by atoms with van der Waals surface area (Å²) < 4.78 is 0. The third-order valence-electron chi connectivity index (χ3n) is 3.42. The van der Waals surface area contributed by atoms with Crippen molar-refractivity contribution in [3.63, 3.8) is 0 Å². The van der Waals surface area contributed by atoms with Gasteiger partial charge in [0.1, 0.15) is 0 Å². The van der Waals surface area contributed by atoms with Crippen molar-refractivity contribution in [3.8, 4) is 0 Å². The van der Waals surface area contributed by atoms with Gasteiger partial charge in [0.05, 0.1) is 6.10 Å². The van der Waals surface area contributed by atoms with Gasteiger partial charge < -0.3 is 10.4 Å². The molecule has 1 unspecified atom stereocenters. The van der Waals surface area contributed by atoms with Crippen molar-refractivity contribution in [1.82, 2.24) is 5.32 Å². The largest absolute Gasteiger partial charge is 0.391 e. The first-order chi connectivity index (χ1) is 9.12. The van der Waals surface area contributed by atoms with Crippen LogP contribution in [0.4, 0.5) is 0 Å². The lowest BCUT2D eigenvalue weighted by Crippen LogP contribution is -2.36. The highest BCUT2D eigenvalue weighted by molar-refractivity contribution is 7.98. The number of amides is 1. The first-order valence-corrected chi connectivity index (χ1v) is 7.95. The molecule has 1 atom stereocenters. The van der Waals surface area contributed by atoms with Crippen molar-refractivity contribution in [1.29, 1.82) is 0 Å². The molecule has 0 heterocycles. The van der Waals surface area contributed by atoms with E-state index in [9.17, 15) is 9.90 Å². The molecule has 1 amide bonds. The van der Waals surface area contributed by atoms with E-state index < -0.39 is 6.10 Å². The Morgan fingerprint density at radius 2 is 1.84 bits per heavy atom. The summed E-state index contributed by atoms with van der Waals surface area (Å²) in [6.45, 7) is 4.43. The topological polar surface area (TPSA) is 49.3 Å². The molecule has 0 aromatic heterocycles. The summed E-state index contributed by atoms with van der Waals surface area (Å²) in [4.78, 5) is 13.1. The molecule has 0 aliphatic carbocycles. The van der Waals surface area contributed by atoms with Gasteiger partial charge in [0.15, 0.2) is 0 Å². The third-order valence-corrected chi connectivity index (χ3v) is 4.16. The van der Waals surface area contributed by atoms with Crippen molar-refractivity contribution in [3.05, 3.63) is 29.8 Å². The van der Waals surface area contributed by atoms with Gasteiger partial charge in [0, 0.05) is 17.0 Å². The van der Waals surface area contributed by atoms with Crippen LogP contribution in [0.2, 0.25) is 0 Å². The maximum atomic E-state index is 11.9. The number of aliphatic hydroxyl groups excluding tert-OH is 1. The SMILES string of the molecule is CCC(CC)C(O)CNC(=O)c1ccc(SC)cc1. The van der Waals surface area contributed by atoms with Gasteiger partial charge in [-0.3, -0.25) is 4.79 Å². The van der Waals surface area contributed by atoms with Crippen LogP contribution >= 0.6 is 11.8 Å². The zero-order valence-corrected chi connectivity index (χ0v) is 12.7. The number of thioether (sulfide) groups is 1. The van der Waals surface area contributed by atoms with E-state index in [0.717, 1.165) is 17.7 Å². The number of hydrogen-bond donors (Lipinski definition) is 2. The van der Waals surface area contributed by atoms with Crippen molar-refractivity contribution in [2.24, 2.45) is 5.92 Å². The van der Waals surface area contributed by atoms with Gasteiger partial charge in [-0.2, -0.15) is 0 Å². The van der Waals surface area contributed by atoms with Crippen molar-refractivity contribution >= 4 is 17.7 Å². The van der Waals surface area contributed by atoms with E-state index >= 15 is 0 Å². The highest BCUT2D eigenvalue weighted by Gasteiger charge is 2.16. The lowest BCUT2D eigenvalue weighted by Gasteiger charge is -2.20.